The van der Waals surface area contributed by atoms with Crippen LogP contribution in [-0.4, -0.2) is 545 Å². The zero-order valence-corrected chi connectivity index (χ0v) is 84.3. The number of aliphatic hydroxyl groups is 24. The van der Waals surface area contributed by atoms with Gasteiger partial charge in [0.1, 0.15) is 151 Å². The standard InChI is InChI=1S/C28H45N3O13.C23H37N3O11.C16H23N3O3.C12H22O11.C9H18N2O2.C7H7NO2/c1-28(2,3)44-27(41)31-10-8-30(9-11-31)25(40)15-4-6-16(7-5-15)29-12-17(34)20(36)24(18(35)13-32)43-26-23(39)22(38)21(37)19(14-33)42-26;27-10-15(30)21(37-23-20(34)19(33)18(32)16(11-28)36-23)17(31)14(29)9-25-13-3-1-12(2-4-13)22(35)26-7-5-24-6-8-26;1-16(2,3)22-15(21)19-10-8-18(9-11-19)14(20)12-4-6-13(17)7-5-12;13-1-3-5(15)6(16)9(19)12(22-3)23-10-4(2-14)21-11(20)8(18)7(10)17;1-9(2,3)13-8(12)11-6-4-10-5-7-11;8-6-3-1-5(2-4-6)7(9)10/h4-7,17-24,26,29,32-39H,8-14H2,1-3H3;1-4,14-21,23-25,27-34H,5-11H2;4-7H,8-11,17H2,1-3H3;3-20H,1-2H2;10H,4-7H2,1-3H3;1-4H,8H2,(H,9,10). The number of nitrogens with two attached hydrogens (primary N) is 2. The molecule has 844 valence electrons. The Balaban J connectivity index is 0.000000257. The summed E-state index contributed by atoms with van der Waals surface area (Å²) in [6.45, 7) is 20.7. The van der Waals surface area contributed by atoms with E-state index in [0.29, 0.717) is 105 Å². The Morgan fingerprint density at radius 2 is 0.624 bits per heavy atom. The van der Waals surface area contributed by atoms with Crippen molar-refractivity contribution in [3.05, 3.63) is 119 Å². The monoisotopic (exact) mass is 2130 g/mol. The fourth-order valence-electron chi connectivity index (χ4n) is 15.5. The fraction of sp³-hybridized carbons (Fsp3) is 0.674. The topological polar surface area (TPSA) is 837 Å². The lowest BCUT2D eigenvalue weighted by Crippen LogP contribution is -2.64. The molecule has 6 amide bonds. The van der Waals surface area contributed by atoms with Gasteiger partial charge in [-0.25, -0.2) is 19.2 Å². The molecule has 54 nitrogen and oxygen atoms in total. The van der Waals surface area contributed by atoms with Gasteiger partial charge in [0.05, 0.1) is 57.4 Å². The number of hydrogen-bond donors (Lipinski definition) is 31. The lowest BCUT2D eigenvalue weighted by molar-refractivity contribution is -0.355. The molecule has 4 aromatic carbocycles. The van der Waals surface area contributed by atoms with Crippen molar-refractivity contribution in [2.24, 2.45) is 0 Å². The Kier molecular flexibility index (Phi) is 50.6. The van der Waals surface area contributed by atoms with Crippen molar-refractivity contribution < 1.29 is 209 Å². The highest BCUT2D eigenvalue weighted by Gasteiger charge is 2.53. The van der Waals surface area contributed by atoms with Crippen molar-refractivity contribution in [1.29, 1.82) is 0 Å². The number of rotatable bonds is 28. The average Bonchev–Trinajstić information content (AvgIpc) is 0.790. The molecule has 8 aliphatic rings. The van der Waals surface area contributed by atoms with Crippen LogP contribution in [0.5, 0.6) is 0 Å². The molecule has 0 radical (unpaired) electrons. The van der Waals surface area contributed by atoms with Crippen molar-refractivity contribution >= 4 is 64.7 Å². The summed E-state index contributed by atoms with van der Waals surface area (Å²) in [7, 11) is 0. The predicted octanol–water partition coefficient (Wildman–Crippen LogP) is -9.19. The summed E-state index contributed by atoms with van der Waals surface area (Å²) in [6, 6.07) is 25.8. The second-order valence-electron chi connectivity index (χ2n) is 39.0. The average molecular weight is 2130 g/mol. The van der Waals surface area contributed by atoms with Gasteiger partial charge in [0.2, 0.25) is 0 Å². The number of aromatic carboxylic acids is 1. The van der Waals surface area contributed by atoms with Crippen LogP contribution in [0.3, 0.4) is 0 Å². The minimum absolute atomic E-state index is 0.0381. The first-order valence-electron chi connectivity index (χ1n) is 48.4. The molecular formula is C95H152N12O42. The Labute approximate surface area is 859 Å². The van der Waals surface area contributed by atoms with Crippen LogP contribution in [0.4, 0.5) is 37.1 Å². The molecule has 8 fully saturated rings. The van der Waals surface area contributed by atoms with E-state index < -0.39 is 235 Å². The van der Waals surface area contributed by atoms with Gasteiger partial charge in [0, 0.05) is 157 Å². The largest absolute Gasteiger partial charge is 0.478 e. The maximum Gasteiger partial charge on any atom is 0.410 e. The van der Waals surface area contributed by atoms with E-state index in [4.69, 9.17) is 69.0 Å². The van der Waals surface area contributed by atoms with Crippen LogP contribution in [0.2, 0.25) is 0 Å². The summed E-state index contributed by atoms with van der Waals surface area (Å²) in [4.78, 5) is 94.0. The van der Waals surface area contributed by atoms with Crippen LogP contribution in [0, 0.1) is 0 Å². The van der Waals surface area contributed by atoms with Gasteiger partial charge in [-0.1, -0.05) is 0 Å². The van der Waals surface area contributed by atoms with Gasteiger partial charge < -0.3 is 237 Å². The number of nitrogen functional groups attached to an aromatic ring is 2. The molecule has 28 atom stereocenters. The van der Waals surface area contributed by atoms with Gasteiger partial charge in [-0.15, -0.1) is 0 Å². The number of benzene rings is 4. The summed E-state index contributed by atoms with van der Waals surface area (Å²) in [6.07, 6.45) is -46.6. The summed E-state index contributed by atoms with van der Waals surface area (Å²) < 4.78 is 52.5. The lowest BCUT2D eigenvalue weighted by atomic mass is 9.97. The third-order valence-corrected chi connectivity index (χ3v) is 24.1. The molecule has 149 heavy (non-hydrogen) atoms. The van der Waals surface area contributed by atoms with E-state index in [2.05, 4.69) is 21.3 Å². The van der Waals surface area contributed by atoms with Gasteiger partial charge >= 0.3 is 24.2 Å². The highest BCUT2D eigenvalue weighted by molar-refractivity contribution is 5.96. The molecule has 33 N–H and O–H groups in total. The van der Waals surface area contributed by atoms with Crippen LogP contribution in [0.25, 0.3) is 0 Å². The summed E-state index contributed by atoms with van der Waals surface area (Å²) in [5.74, 6) is -1.28. The fourth-order valence-corrected chi connectivity index (χ4v) is 15.5. The van der Waals surface area contributed by atoms with Crippen molar-refractivity contribution in [1.82, 2.24) is 40.0 Å². The molecule has 0 saturated carbocycles. The molecule has 4 aromatic rings. The molecule has 0 bridgehead atoms. The quantitative estimate of drug-likeness (QED) is 0.0185. The third kappa shape index (κ3) is 38.3. The van der Waals surface area contributed by atoms with Crippen molar-refractivity contribution in [2.75, 3.05) is 180 Å². The molecule has 8 heterocycles. The third-order valence-electron chi connectivity index (χ3n) is 24.1. The summed E-state index contributed by atoms with van der Waals surface area (Å²) >= 11 is 0. The molecular weight excluding hydrogens is 1980 g/mol. The Bertz CT molecular complexity index is 4640. The number of aliphatic hydroxyl groups excluding tert-OH is 24. The van der Waals surface area contributed by atoms with Crippen molar-refractivity contribution in [3.8, 4) is 0 Å². The van der Waals surface area contributed by atoms with E-state index in [1.165, 1.54) is 12.1 Å². The zero-order chi connectivity index (χ0) is 111. The van der Waals surface area contributed by atoms with Gasteiger partial charge in [0.15, 0.2) is 25.2 Å². The number of amides is 6. The molecule has 8 saturated heterocycles. The number of carbonyl (C=O) groups excluding carboxylic acids is 6. The minimum Gasteiger partial charge on any atom is -0.478 e. The number of hydrogen-bond acceptors (Lipinski definition) is 47. The highest BCUT2D eigenvalue weighted by atomic mass is 16.7. The van der Waals surface area contributed by atoms with E-state index in [1.54, 1.807) is 135 Å². The van der Waals surface area contributed by atoms with E-state index in [0.717, 1.165) is 39.3 Å². The van der Waals surface area contributed by atoms with Crippen LogP contribution >= 0.6 is 0 Å². The molecule has 0 aliphatic carbocycles. The second-order valence-corrected chi connectivity index (χ2v) is 39.0. The number of piperazine rings is 4. The maximum atomic E-state index is 13.0. The number of carbonyl (C=O) groups is 7. The SMILES string of the molecule is CC(C)(C)OC(=O)N1CCN(C(=O)c2ccc(N)cc2)CC1.CC(C)(C)OC(=O)N1CCN(C(=O)c2ccc(NCC(O)C(O)C(OC3OC(CO)C(O)C(O)C3O)C(O)CO)cc2)CC1.CC(C)(C)OC(=O)N1CCNCC1.Nc1ccc(C(=O)O)cc1.O=C(c1ccc(NCC(O)C(O)C(OC2OC(CO)C(O)C(O)C2O)C(O)CO)cc1)N1CCNCC1.OCC1OC(OC2C(CO)OC(O)C(O)C2O)C(O)C(O)C1O. The van der Waals surface area contributed by atoms with E-state index >= 15 is 0 Å². The summed E-state index contributed by atoms with van der Waals surface area (Å²) in [5.41, 5.74) is 13.5. The van der Waals surface area contributed by atoms with E-state index in [1.807, 2.05) is 41.5 Å². The minimum atomic E-state index is -1.84. The molecule has 0 spiro atoms. The smallest absolute Gasteiger partial charge is 0.410 e. The van der Waals surface area contributed by atoms with Crippen LogP contribution < -0.4 is 32.7 Å². The Hall–Kier alpha value is -9.55. The van der Waals surface area contributed by atoms with Crippen molar-refractivity contribution in [3.63, 3.8) is 0 Å². The first kappa shape index (κ1) is 126. The zero-order valence-electron chi connectivity index (χ0n) is 84.3. The predicted molar refractivity (Wildman–Crippen MR) is 522 cm³/mol. The van der Waals surface area contributed by atoms with Gasteiger partial charge in [0.25, 0.3) is 17.7 Å². The van der Waals surface area contributed by atoms with Crippen LogP contribution in [0.1, 0.15) is 104 Å². The molecule has 8 aliphatic heterocycles. The van der Waals surface area contributed by atoms with Crippen LogP contribution in [0.15, 0.2) is 97.1 Å². The maximum absolute atomic E-state index is 13.0. The number of anilines is 4. The number of ether oxygens (including phenoxy) is 10. The number of carboxylic acids is 1. The van der Waals surface area contributed by atoms with E-state index in [-0.39, 0.29) is 54.2 Å². The number of nitrogens with zero attached hydrogens (tertiary/aromatic N) is 6. The highest BCUT2D eigenvalue weighted by Crippen LogP contribution is 2.33. The van der Waals surface area contributed by atoms with Crippen LogP contribution in [-0.2, 0) is 47.4 Å². The Morgan fingerprint density at radius 1 is 0.349 bits per heavy atom. The molecule has 54 heteroatoms. The lowest BCUT2D eigenvalue weighted by Gasteiger charge is -2.45. The molecule has 12 rings (SSSR count). The first-order valence-corrected chi connectivity index (χ1v) is 48.4. The van der Waals surface area contributed by atoms with Gasteiger partial charge in [-0.3, -0.25) is 14.4 Å². The molecule has 0 aromatic heterocycles. The number of carboxylic acid groups (broad SMARTS) is 1. The Morgan fingerprint density at radius 3 is 0.926 bits per heavy atom. The normalized spacial score (nSPS) is 28.0. The number of nitrogens with one attached hydrogen (secondary N) is 4. The first-order chi connectivity index (χ1) is 70.1. The summed E-state index contributed by atoms with van der Waals surface area (Å²) in [5, 5.41) is 258. The van der Waals surface area contributed by atoms with E-state index in [9.17, 15) is 151 Å². The van der Waals surface area contributed by atoms with Gasteiger partial charge in [-0.05, 0) is 159 Å². The van der Waals surface area contributed by atoms with Crippen molar-refractivity contribution in [2.45, 2.75) is 251 Å². The molecule has 28 unspecified atom stereocenters. The van der Waals surface area contributed by atoms with Gasteiger partial charge in [-0.2, -0.15) is 0 Å². The second kappa shape index (κ2) is 59.6.